The third-order valence-electron chi connectivity index (χ3n) is 3.54. The number of pyridine rings is 1. The van der Waals surface area contributed by atoms with E-state index in [1.54, 1.807) is 0 Å². The second kappa shape index (κ2) is 7.24. The Labute approximate surface area is 152 Å². The number of carbonyl (C=O) groups is 1. The van der Waals surface area contributed by atoms with E-state index in [1.807, 2.05) is 0 Å². The monoisotopic (exact) mass is 414 g/mol. The molecule has 0 aliphatic heterocycles. The normalized spacial score (nSPS) is 12.6. The van der Waals surface area contributed by atoms with Crippen LogP contribution in [0.4, 0.5) is 35.1 Å². The molecule has 1 aromatic heterocycles. The summed E-state index contributed by atoms with van der Waals surface area (Å²) in [5.74, 6) is -2.87. The minimum absolute atomic E-state index is 0.153. The molecule has 0 spiro atoms. The van der Waals surface area contributed by atoms with E-state index in [2.05, 4.69) is 10.3 Å². The molecule has 1 aromatic carbocycles. The second-order valence-electron chi connectivity index (χ2n) is 5.37. The fourth-order valence-electron chi connectivity index (χ4n) is 2.12. The number of nitrogens with one attached hydrogen (secondary N) is 1. The van der Waals surface area contributed by atoms with Crippen LogP contribution in [-0.4, -0.2) is 30.3 Å². The smallest absolute Gasteiger partial charge is 0.435 e. The molecule has 1 amide bonds. The zero-order valence-electron chi connectivity index (χ0n) is 13.8. The van der Waals surface area contributed by atoms with Crippen molar-refractivity contribution in [3.05, 3.63) is 53.5 Å². The molecule has 0 bridgehead atoms. The van der Waals surface area contributed by atoms with Crippen molar-refractivity contribution in [3.63, 3.8) is 0 Å². The number of rotatable bonds is 4. The number of amides is 1. The van der Waals surface area contributed by atoms with E-state index in [4.69, 9.17) is 4.74 Å². The van der Waals surface area contributed by atoms with Gasteiger partial charge in [-0.05, 0) is 18.2 Å². The lowest BCUT2D eigenvalue weighted by molar-refractivity contribution is -0.348. The molecule has 2 aromatic rings. The maximum Gasteiger partial charge on any atom is 0.435 e. The first kappa shape index (κ1) is 21.4. The topological polar surface area (TPSA) is 51.2 Å². The number of hydrogen-bond donors (Lipinski definition) is 1. The van der Waals surface area contributed by atoms with Crippen molar-refractivity contribution in [3.8, 4) is 11.6 Å². The highest BCUT2D eigenvalue weighted by Crippen LogP contribution is 2.53. The van der Waals surface area contributed by atoms with Crippen molar-refractivity contribution in [1.29, 1.82) is 0 Å². The lowest BCUT2D eigenvalue weighted by Gasteiger charge is -2.30. The van der Waals surface area contributed by atoms with Gasteiger partial charge in [-0.3, -0.25) is 4.79 Å². The molecule has 0 saturated carbocycles. The Morgan fingerprint density at radius 2 is 1.54 bits per heavy atom. The molecule has 12 heteroatoms. The average molecular weight is 414 g/mol. The Morgan fingerprint density at radius 3 is 1.96 bits per heavy atom. The van der Waals surface area contributed by atoms with Crippen LogP contribution in [0.15, 0.2) is 36.5 Å². The molecule has 1 N–H and O–H groups in total. The van der Waals surface area contributed by atoms with E-state index in [9.17, 15) is 39.9 Å². The summed E-state index contributed by atoms with van der Waals surface area (Å²) < 4.78 is 109. The molecule has 0 aliphatic rings. The first-order valence-electron chi connectivity index (χ1n) is 7.29. The summed E-state index contributed by atoms with van der Waals surface area (Å²) in [5.41, 5.74) is -7.46. The highest BCUT2D eigenvalue weighted by atomic mass is 19.4. The zero-order chi connectivity index (χ0) is 21.3. The first-order chi connectivity index (χ1) is 12.8. The van der Waals surface area contributed by atoms with Crippen LogP contribution in [0, 0.1) is 5.82 Å². The van der Waals surface area contributed by atoms with Gasteiger partial charge < -0.3 is 10.1 Å². The van der Waals surface area contributed by atoms with Gasteiger partial charge in [-0.25, -0.2) is 13.8 Å². The van der Waals surface area contributed by atoms with Crippen LogP contribution >= 0.6 is 0 Å². The van der Waals surface area contributed by atoms with Gasteiger partial charge in [0.2, 0.25) is 0 Å². The van der Waals surface area contributed by atoms with Gasteiger partial charge >= 0.3 is 18.0 Å². The van der Waals surface area contributed by atoms with Crippen LogP contribution in [-0.2, 0) is 5.67 Å². The molecule has 0 radical (unpaired) electrons. The summed E-state index contributed by atoms with van der Waals surface area (Å²) >= 11 is 0. The molecule has 4 nitrogen and oxygen atoms in total. The minimum Gasteiger partial charge on any atom is -0.436 e. The highest BCUT2D eigenvalue weighted by Gasteiger charge is 2.73. The summed E-state index contributed by atoms with van der Waals surface area (Å²) in [5, 5.41) is 2.22. The Morgan fingerprint density at radius 1 is 1.00 bits per heavy atom. The van der Waals surface area contributed by atoms with Crippen molar-refractivity contribution in [1.82, 2.24) is 10.3 Å². The summed E-state index contributed by atoms with van der Waals surface area (Å²) in [6.45, 7) is 0. The number of alkyl halides is 7. The molecule has 0 atom stereocenters. The van der Waals surface area contributed by atoms with Crippen LogP contribution in [0.5, 0.6) is 11.6 Å². The summed E-state index contributed by atoms with van der Waals surface area (Å²) in [6.07, 6.45) is -11.6. The third kappa shape index (κ3) is 3.85. The molecule has 0 saturated heterocycles. The van der Waals surface area contributed by atoms with Crippen molar-refractivity contribution in [2.24, 2.45) is 0 Å². The van der Waals surface area contributed by atoms with Gasteiger partial charge in [-0.15, -0.1) is 0 Å². The van der Waals surface area contributed by atoms with Crippen molar-refractivity contribution < 1.29 is 44.7 Å². The Bertz CT molecular complexity index is 848. The molecule has 152 valence electrons. The Balaban J connectivity index is 2.32. The van der Waals surface area contributed by atoms with Gasteiger partial charge in [-0.2, -0.15) is 26.3 Å². The van der Waals surface area contributed by atoms with Gasteiger partial charge in [0.15, 0.2) is 5.82 Å². The maximum atomic E-state index is 13.9. The van der Waals surface area contributed by atoms with E-state index in [0.29, 0.717) is 12.1 Å². The molecule has 0 aliphatic carbocycles. The van der Waals surface area contributed by atoms with E-state index < -0.39 is 46.9 Å². The van der Waals surface area contributed by atoms with Gasteiger partial charge in [0.25, 0.3) is 11.8 Å². The van der Waals surface area contributed by atoms with Crippen molar-refractivity contribution >= 4 is 5.91 Å². The summed E-state index contributed by atoms with van der Waals surface area (Å²) in [6, 6.07) is 2.37. The molecule has 2 rings (SSSR count). The number of ether oxygens (including phenoxy) is 1. The maximum absolute atomic E-state index is 13.9. The highest BCUT2D eigenvalue weighted by molar-refractivity contribution is 5.93. The third-order valence-corrected chi connectivity index (χ3v) is 3.54. The number of benzene rings is 1. The fraction of sp³-hybridized carbons (Fsp3) is 0.250. The van der Waals surface area contributed by atoms with Gasteiger partial charge in [0.05, 0.1) is 5.56 Å². The largest absolute Gasteiger partial charge is 0.436 e. The van der Waals surface area contributed by atoms with Crippen LogP contribution < -0.4 is 10.1 Å². The lowest BCUT2D eigenvalue weighted by atomic mass is 9.94. The SMILES string of the molecule is CNC(=O)c1cnc(Oc2ccc(C(F)(C(F)(F)F)C(F)(F)F)cc2)c(F)c1. The number of halogens is 8. The van der Waals surface area contributed by atoms with Crippen LogP contribution in [0.25, 0.3) is 0 Å². The standard InChI is InChI=1S/C16H10F8N2O2/c1-25-12(27)8-6-11(17)13(26-7-8)28-10-4-2-9(3-5-10)14(18,15(19,20)21)16(22,23)24/h2-7H,1H3,(H,25,27). The minimum atomic E-state index is -6.25. The lowest BCUT2D eigenvalue weighted by Crippen LogP contribution is -2.50. The van der Waals surface area contributed by atoms with Gasteiger partial charge in [-0.1, -0.05) is 12.1 Å². The Kier molecular flexibility index (Phi) is 5.53. The average Bonchev–Trinajstić information content (AvgIpc) is 2.60. The van der Waals surface area contributed by atoms with Crippen LogP contribution in [0.3, 0.4) is 0 Å². The number of hydrogen-bond acceptors (Lipinski definition) is 3. The molecule has 1 heterocycles. The predicted molar refractivity (Wildman–Crippen MR) is 79.0 cm³/mol. The van der Waals surface area contributed by atoms with Crippen molar-refractivity contribution in [2.75, 3.05) is 7.05 Å². The quantitative estimate of drug-likeness (QED) is 0.741. The number of carbonyl (C=O) groups excluding carboxylic acids is 1. The number of nitrogens with zero attached hydrogens (tertiary/aromatic N) is 1. The molecule has 0 fully saturated rings. The fourth-order valence-corrected chi connectivity index (χ4v) is 2.12. The number of aromatic nitrogens is 1. The zero-order valence-corrected chi connectivity index (χ0v) is 13.8. The Hall–Kier alpha value is -2.92. The van der Waals surface area contributed by atoms with Gasteiger partial charge in [0, 0.05) is 18.8 Å². The van der Waals surface area contributed by atoms with E-state index in [-0.39, 0.29) is 17.7 Å². The van der Waals surface area contributed by atoms with Crippen LogP contribution in [0.2, 0.25) is 0 Å². The summed E-state index contributed by atoms with van der Waals surface area (Å²) in [4.78, 5) is 14.9. The summed E-state index contributed by atoms with van der Waals surface area (Å²) in [7, 11) is 1.29. The molecular formula is C16H10F8N2O2. The molecule has 0 unspecified atom stereocenters. The van der Waals surface area contributed by atoms with E-state index >= 15 is 0 Å². The second-order valence-corrected chi connectivity index (χ2v) is 5.37. The first-order valence-corrected chi connectivity index (χ1v) is 7.29. The predicted octanol–water partition coefficient (Wildman–Crippen LogP) is 4.66. The van der Waals surface area contributed by atoms with Crippen molar-refractivity contribution in [2.45, 2.75) is 18.0 Å². The van der Waals surface area contributed by atoms with E-state index in [0.717, 1.165) is 12.3 Å². The molecule has 28 heavy (non-hydrogen) atoms. The van der Waals surface area contributed by atoms with Gasteiger partial charge in [0.1, 0.15) is 5.75 Å². The van der Waals surface area contributed by atoms with E-state index in [1.165, 1.54) is 7.05 Å². The molecular weight excluding hydrogens is 404 g/mol. The van der Waals surface area contributed by atoms with Crippen LogP contribution in [0.1, 0.15) is 15.9 Å².